The van der Waals surface area contributed by atoms with Gasteiger partial charge >= 0.3 is 5.97 Å². The van der Waals surface area contributed by atoms with E-state index in [2.05, 4.69) is 16.5 Å². The number of carbonyl (C=O) groups is 1. The van der Waals surface area contributed by atoms with E-state index in [1.54, 1.807) is 0 Å². The number of guanidine groups is 1. The van der Waals surface area contributed by atoms with Crippen LogP contribution in [0.5, 0.6) is 0 Å². The molecule has 6 heteroatoms. The van der Waals surface area contributed by atoms with E-state index in [0.717, 1.165) is 0 Å². The van der Waals surface area contributed by atoms with E-state index in [-0.39, 0.29) is 11.7 Å². The van der Waals surface area contributed by atoms with E-state index in [9.17, 15) is 4.79 Å². The highest BCUT2D eigenvalue weighted by Crippen LogP contribution is 1.93. The summed E-state index contributed by atoms with van der Waals surface area (Å²) >= 11 is 0. The summed E-state index contributed by atoms with van der Waals surface area (Å²) in [4.78, 5) is 13.2. The molecule has 0 saturated heterocycles. The number of hydrogen-bond donors (Lipinski definition) is 4. The van der Waals surface area contributed by atoms with Gasteiger partial charge in [0.05, 0.1) is 0 Å². The highest BCUT2D eigenvalue weighted by molar-refractivity contribution is 6.42. The zero-order valence-electron chi connectivity index (χ0n) is 5.61. The smallest absolute Gasteiger partial charge is 0.354 e. The molecule has 0 bridgehead atoms. The summed E-state index contributed by atoms with van der Waals surface area (Å²) in [6.07, 6.45) is 2.89. The van der Waals surface area contributed by atoms with Gasteiger partial charge in [0.25, 0.3) is 0 Å². The molecule has 1 rings (SSSR count). The van der Waals surface area contributed by atoms with Gasteiger partial charge in [-0.2, -0.15) is 0 Å². The van der Waals surface area contributed by atoms with Crippen LogP contribution in [-0.2, 0) is 4.79 Å². The van der Waals surface area contributed by atoms with Crippen molar-refractivity contribution in [3.63, 3.8) is 0 Å². The van der Waals surface area contributed by atoms with Gasteiger partial charge in [-0.15, -0.1) is 0 Å². The summed E-state index contributed by atoms with van der Waals surface area (Å²) < 4.78 is 0. The SMILES string of the molecule is N=C(N)N.O=C(O)C1=NC=C1. The van der Waals surface area contributed by atoms with Crippen LogP contribution in [0, 0.1) is 5.41 Å². The van der Waals surface area contributed by atoms with Crippen LogP contribution in [-0.4, -0.2) is 22.7 Å². The topological polar surface area (TPSA) is 126 Å². The van der Waals surface area contributed by atoms with Gasteiger partial charge in [-0.25, -0.2) is 9.79 Å². The van der Waals surface area contributed by atoms with Gasteiger partial charge in [-0.3, -0.25) is 5.41 Å². The Hall–Kier alpha value is -1.85. The summed E-state index contributed by atoms with van der Waals surface area (Å²) in [5, 5.41) is 14.1. The Balaban J connectivity index is 0.000000218. The molecule has 0 unspecified atom stereocenters. The van der Waals surface area contributed by atoms with E-state index in [0.29, 0.717) is 0 Å². The standard InChI is InChI=1S/C4H3NO2.CH5N3/c6-4(7)3-1-2-5-3;2-1(3)4/h1-2H,(H,6,7);(H5,2,3,4). The number of nitrogens with one attached hydrogen (secondary N) is 1. The van der Waals surface area contributed by atoms with Gasteiger partial charge in [-0.05, 0) is 6.08 Å². The first-order valence-electron chi connectivity index (χ1n) is 2.61. The third-order valence-corrected chi connectivity index (χ3v) is 0.665. The van der Waals surface area contributed by atoms with Crippen molar-refractivity contribution in [3.8, 4) is 0 Å². The van der Waals surface area contributed by atoms with E-state index < -0.39 is 5.97 Å². The maximum Gasteiger partial charge on any atom is 0.354 e. The number of hydrogen-bond acceptors (Lipinski definition) is 3. The van der Waals surface area contributed by atoms with E-state index >= 15 is 0 Å². The Labute approximate surface area is 62.7 Å². The van der Waals surface area contributed by atoms with Gasteiger partial charge in [0.2, 0.25) is 0 Å². The van der Waals surface area contributed by atoms with Crippen LogP contribution in [0.3, 0.4) is 0 Å². The molecule has 0 radical (unpaired) electrons. The van der Waals surface area contributed by atoms with Crippen molar-refractivity contribution < 1.29 is 9.90 Å². The summed E-state index contributed by atoms with van der Waals surface area (Å²) in [5.74, 6) is -1.29. The molecule has 60 valence electrons. The molecule has 11 heavy (non-hydrogen) atoms. The van der Waals surface area contributed by atoms with Crippen molar-refractivity contribution in [1.82, 2.24) is 0 Å². The Bertz CT molecular complexity index is 227. The molecular formula is C5H8N4O2. The molecule has 0 atom stereocenters. The van der Waals surface area contributed by atoms with Crippen LogP contribution >= 0.6 is 0 Å². The van der Waals surface area contributed by atoms with E-state index in [4.69, 9.17) is 10.5 Å². The summed E-state index contributed by atoms with van der Waals surface area (Å²) in [5.41, 5.74) is 9.08. The Morgan fingerprint density at radius 1 is 1.64 bits per heavy atom. The van der Waals surface area contributed by atoms with Crippen molar-refractivity contribution in [2.24, 2.45) is 16.5 Å². The maximum atomic E-state index is 9.80. The minimum absolute atomic E-state index is 0.139. The minimum Gasteiger partial charge on any atom is -0.477 e. The second-order valence-corrected chi connectivity index (χ2v) is 1.59. The fourth-order valence-corrected chi connectivity index (χ4v) is 0.276. The normalized spacial score (nSPS) is 11.8. The molecule has 1 heterocycles. The van der Waals surface area contributed by atoms with Crippen LogP contribution < -0.4 is 11.5 Å². The minimum atomic E-state index is -0.956. The third kappa shape index (κ3) is 4.64. The Morgan fingerprint density at radius 3 is 2.00 bits per heavy atom. The highest BCUT2D eigenvalue weighted by Gasteiger charge is 2.07. The predicted molar refractivity (Wildman–Crippen MR) is 40.3 cm³/mol. The fourth-order valence-electron chi connectivity index (χ4n) is 0.276. The summed E-state index contributed by atoms with van der Waals surface area (Å²) in [6, 6.07) is 0. The molecule has 0 aromatic heterocycles. The summed E-state index contributed by atoms with van der Waals surface area (Å²) in [7, 11) is 0. The van der Waals surface area contributed by atoms with Crippen LogP contribution in [0.4, 0.5) is 0 Å². The molecule has 0 amide bonds. The van der Waals surface area contributed by atoms with E-state index in [1.165, 1.54) is 12.3 Å². The van der Waals surface area contributed by atoms with Crippen molar-refractivity contribution >= 4 is 17.6 Å². The molecule has 6 nitrogen and oxygen atoms in total. The maximum absolute atomic E-state index is 9.80. The Morgan fingerprint density at radius 2 is 2.00 bits per heavy atom. The number of nitrogens with two attached hydrogens (primary N) is 2. The van der Waals surface area contributed by atoms with Gasteiger partial charge in [0.1, 0.15) is 5.71 Å². The molecule has 0 aromatic rings. The van der Waals surface area contributed by atoms with E-state index in [1.807, 2.05) is 0 Å². The first-order valence-corrected chi connectivity index (χ1v) is 2.61. The largest absolute Gasteiger partial charge is 0.477 e. The van der Waals surface area contributed by atoms with Gasteiger partial charge in [0, 0.05) is 6.20 Å². The van der Waals surface area contributed by atoms with Crippen LogP contribution in [0.1, 0.15) is 0 Å². The zero-order valence-corrected chi connectivity index (χ0v) is 5.61. The summed E-state index contributed by atoms with van der Waals surface area (Å²) in [6.45, 7) is 0. The number of nitrogens with zero attached hydrogens (tertiary/aromatic N) is 1. The number of aliphatic carboxylic acids is 1. The molecule has 6 N–H and O–H groups in total. The third-order valence-electron chi connectivity index (χ3n) is 0.665. The number of rotatable bonds is 1. The highest BCUT2D eigenvalue weighted by atomic mass is 16.4. The van der Waals surface area contributed by atoms with Crippen molar-refractivity contribution in [3.05, 3.63) is 12.3 Å². The molecule has 1 aliphatic heterocycles. The lowest BCUT2D eigenvalue weighted by Crippen LogP contribution is -2.20. The fraction of sp³-hybridized carbons (Fsp3) is 0. The molecule has 0 aliphatic carbocycles. The first kappa shape index (κ1) is 9.15. The average molecular weight is 156 g/mol. The molecule has 0 spiro atoms. The van der Waals surface area contributed by atoms with Crippen LogP contribution in [0.25, 0.3) is 0 Å². The molecule has 0 saturated carbocycles. The Kier molecular flexibility index (Phi) is 3.36. The average Bonchev–Trinajstić information content (AvgIpc) is 1.53. The second kappa shape index (κ2) is 4.04. The lowest BCUT2D eigenvalue weighted by atomic mass is 10.3. The van der Waals surface area contributed by atoms with Gasteiger partial charge in [-0.1, -0.05) is 0 Å². The lowest BCUT2D eigenvalue weighted by molar-refractivity contribution is -0.129. The van der Waals surface area contributed by atoms with Crippen molar-refractivity contribution in [2.75, 3.05) is 0 Å². The van der Waals surface area contributed by atoms with Crippen LogP contribution in [0.2, 0.25) is 0 Å². The second-order valence-electron chi connectivity index (χ2n) is 1.59. The van der Waals surface area contributed by atoms with Gasteiger partial charge < -0.3 is 16.6 Å². The first-order chi connectivity index (χ1) is 5.04. The number of aliphatic imine (C=N–C) groups is 1. The van der Waals surface area contributed by atoms with Crippen molar-refractivity contribution in [1.29, 1.82) is 5.41 Å². The molecular weight excluding hydrogens is 148 g/mol. The number of carboxylic acid groups (broad SMARTS) is 1. The molecule has 0 aromatic carbocycles. The molecule has 1 aliphatic rings. The zero-order chi connectivity index (χ0) is 8.85. The van der Waals surface area contributed by atoms with Crippen molar-refractivity contribution in [2.45, 2.75) is 0 Å². The monoisotopic (exact) mass is 156 g/mol. The lowest BCUT2D eigenvalue weighted by Gasteiger charge is -1.95. The van der Waals surface area contributed by atoms with Crippen LogP contribution in [0.15, 0.2) is 17.3 Å². The predicted octanol–water partition coefficient (Wildman–Crippen LogP) is -1.12. The van der Waals surface area contributed by atoms with Gasteiger partial charge in [0.15, 0.2) is 5.96 Å². The quantitative estimate of drug-likeness (QED) is 0.283. The number of carboxylic acids is 1. The molecule has 0 fully saturated rings.